The van der Waals surface area contributed by atoms with E-state index in [1.807, 2.05) is 11.8 Å². The summed E-state index contributed by atoms with van der Waals surface area (Å²) in [5.74, 6) is 1.21. The summed E-state index contributed by atoms with van der Waals surface area (Å²) in [4.78, 5) is 0. The molecule has 0 saturated carbocycles. The molecule has 0 aromatic rings. The second kappa shape index (κ2) is 5.70. The van der Waals surface area contributed by atoms with Crippen LogP contribution in [-0.2, 0) is 0 Å². The van der Waals surface area contributed by atoms with Gasteiger partial charge in [0.25, 0.3) is 0 Å². The van der Waals surface area contributed by atoms with Crippen molar-refractivity contribution in [1.29, 1.82) is 0 Å². The Bertz CT molecular complexity index is 17.5. The Morgan fingerprint density at radius 1 is 1.67 bits per heavy atom. The lowest BCUT2D eigenvalue weighted by Crippen LogP contribution is -1.65. The number of hydrogen-bond acceptors (Lipinski definition) is 2. The van der Waals surface area contributed by atoms with Crippen molar-refractivity contribution in [2.75, 3.05) is 10.8 Å². The fraction of sp³-hybridized carbons (Fsp3) is 0.750. The molecule has 0 bridgehead atoms. The van der Waals surface area contributed by atoms with Crippen LogP contribution >= 0.6 is 23.5 Å². The minimum absolute atomic E-state index is 1.14. The van der Waals surface area contributed by atoms with Gasteiger partial charge in [0.2, 0.25) is 0 Å². The molecule has 0 aliphatic carbocycles. The predicted molar refractivity (Wildman–Crippen MR) is 35.9 cm³/mol. The lowest BCUT2D eigenvalue weighted by Gasteiger charge is -1.86. The molecule has 0 heterocycles. The monoisotopic (exact) mass is 121 g/mol. The highest BCUT2D eigenvalue weighted by Gasteiger charge is 1.75. The van der Waals surface area contributed by atoms with Gasteiger partial charge in [-0.2, -0.15) is 23.5 Å². The predicted octanol–water partition coefficient (Wildman–Crippen LogP) is 2.22. The van der Waals surface area contributed by atoms with Crippen molar-refractivity contribution in [3.63, 3.8) is 0 Å². The number of hydrogen-bond donors (Lipinski definition) is 0. The van der Waals surface area contributed by atoms with Crippen LogP contribution in [0.2, 0.25) is 0 Å². The van der Waals surface area contributed by atoms with E-state index in [0.717, 1.165) is 5.08 Å². The smallest absolute Gasteiger partial charge is 0.0392 e. The fourth-order valence-electron chi connectivity index (χ4n) is 0.142. The van der Waals surface area contributed by atoms with Gasteiger partial charge in [-0.3, -0.25) is 0 Å². The highest BCUT2D eigenvalue weighted by Crippen LogP contribution is 2.07. The second-order valence-corrected chi connectivity index (χ2v) is 3.15. The van der Waals surface area contributed by atoms with Crippen molar-refractivity contribution in [1.82, 2.24) is 0 Å². The van der Waals surface area contributed by atoms with E-state index in [2.05, 4.69) is 13.2 Å². The van der Waals surface area contributed by atoms with E-state index < -0.39 is 0 Å². The number of thioether (sulfide) groups is 2. The average molecular weight is 121 g/mol. The van der Waals surface area contributed by atoms with E-state index in [4.69, 9.17) is 0 Å². The first-order valence-corrected chi connectivity index (χ1v) is 4.17. The molecule has 0 unspecified atom stereocenters. The van der Waals surface area contributed by atoms with Crippen molar-refractivity contribution in [3.8, 4) is 0 Å². The summed E-state index contributed by atoms with van der Waals surface area (Å²) in [7, 11) is 0. The van der Waals surface area contributed by atoms with Crippen LogP contribution in [0.4, 0.5) is 0 Å². The van der Waals surface area contributed by atoms with Crippen molar-refractivity contribution in [2.24, 2.45) is 0 Å². The zero-order valence-electron chi connectivity index (χ0n) is 3.94. The molecular weight excluding hydrogens is 112 g/mol. The molecule has 0 aromatic heterocycles. The molecule has 0 saturated heterocycles. The largest absolute Gasteiger partial charge is 0.151 e. The molecule has 1 radical (unpaired) electrons. The van der Waals surface area contributed by atoms with Crippen LogP contribution in [0.15, 0.2) is 0 Å². The first kappa shape index (κ1) is 6.70. The Hall–Kier alpha value is 0.700. The highest BCUT2D eigenvalue weighted by atomic mass is 32.2. The van der Waals surface area contributed by atoms with E-state index in [1.54, 1.807) is 11.8 Å². The Balaban J connectivity index is 2.34. The molecular formula is C4H9S2. The van der Waals surface area contributed by atoms with Crippen LogP contribution in [-0.4, -0.2) is 10.8 Å². The van der Waals surface area contributed by atoms with E-state index in [9.17, 15) is 0 Å². The van der Waals surface area contributed by atoms with E-state index in [-0.39, 0.29) is 0 Å². The third kappa shape index (κ3) is 4.70. The van der Waals surface area contributed by atoms with Crippen LogP contribution in [0.3, 0.4) is 0 Å². The third-order valence-electron chi connectivity index (χ3n) is 0.371. The fourth-order valence-corrected chi connectivity index (χ4v) is 1.28. The van der Waals surface area contributed by atoms with Gasteiger partial charge in [-0.05, 0) is 5.75 Å². The third-order valence-corrected chi connectivity index (χ3v) is 2.11. The molecule has 0 nitrogen and oxygen atoms in total. The van der Waals surface area contributed by atoms with E-state index in [0.29, 0.717) is 0 Å². The van der Waals surface area contributed by atoms with Gasteiger partial charge in [0.15, 0.2) is 0 Å². The van der Waals surface area contributed by atoms with Gasteiger partial charge in [-0.15, -0.1) is 0 Å². The molecule has 0 aromatic carbocycles. The van der Waals surface area contributed by atoms with Crippen LogP contribution in [0, 0.1) is 6.26 Å². The standard InChI is InChI=1S/C4H9S2/c1-3-6-4-5-2/h2-4H2,1H3. The topological polar surface area (TPSA) is 0 Å². The molecule has 37 valence electrons. The molecule has 0 aliphatic heterocycles. The van der Waals surface area contributed by atoms with Gasteiger partial charge in [0, 0.05) is 11.3 Å². The zero-order chi connectivity index (χ0) is 4.83. The molecule has 0 amide bonds. The van der Waals surface area contributed by atoms with Gasteiger partial charge >= 0.3 is 0 Å². The minimum Gasteiger partial charge on any atom is -0.151 e. The maximum Gasteiger partial charge on any atom is 0.0392 e. The van der Waals surface area contributed by atoms with Crippen molar-refractivity contribution >= 4 is 23.5 Å². The van der Waals surface area contributed by atoms with Gasteiger partial charge in [0.05, 0.1) is 0 Å². The lowest BCUT2D eigenvalue weighted by atomic mass is 11.0. The first-order valence-electron chi connectivity index (χ1n) is 1.86. The SMILES string of the molecule is [CH2]SCSCC. The minimum atomic E-state index is 1.14. The lowest BCUT2D eigenvalue weighted by molar-refractivity contribution is 1.53. The number of rotatable bonds is 3. The summed E-state index contributed by atoms with van der Waals surface area (Å²) < 4.78 is 0. The molecule has 0 N–H and O–H groups in total. The molecule has 6 heavy (non-hydrogen) atoms. The first-order chi connectivity index (χ1) is 2.91. The Morgan fingerprint density at radius 3 is 2.50 bits per heavy atom. The molecule has 0 fully saturated rings. The van der Waals surface area contributed by atoms with Crippen LogP contribution in [0.1, 0.15) is 6.92 Å². The summed E-state index contributed by atoms with van der Waals surface area (Å²) in [5.41, 5.74) is 0. The van der Waals surface area contributed by atoms with Crippen molar-refractivity contribution < 1.29 is 0 Å². The van der Waals surface area contributed by atoms with Gasteiger partial charge in [0.1, 0.15) is 0 Å². The summed E-state index contributed by atoms with van der Waals surface area (Å²) in [6, 6.07) is 0. The average Bonchev–Trinajstić information content (AvgIpc) is 1.61. The maximum atomic E-state index is 3.62. The van der Waals surface area contributed by atoms with Crippen molar-refractivity contribution in [3.05, 3.63) is 6.26 Å². The van der Waals surface area contributed by atoms with Gasteiger partial charge in [-0.1, -0.05) is 6.92 Å². The zero-order valence-corrected chi connectivity index (χ0v) is 5.57. The van der Waals surface area contributed by atoms with Gasteiger partial charge in [-0.25, -0.2) is 0 Å². The summed E-state index contributed by atoms with van der Waals surface area (Å²) in [6.07, 6.45) is 3.62. The van der Waals surface area contributed by atoms with E-state index >= 15 is 0 Å². The van der Waals surface area contributed by atoms with Crippen LogP contribution < -0.4 is 0 Å². The summed E-state index contributed by atoms with van der Waals surface area (Å²) in [6.45, 7) is 2.15. The van der Waals surface area contributed by atoms with Crippen LogP contribution in [0.5, 0.6) is 0 Å². The quantitative estimate of drug-likeness (QED) is 0.415. The normalized spacial score (nSPS) is 9.00. The maximum absolute atomic E-state index is 3.62. The molecule has 2 heteroatoms. The molecule has 0 spiro atoms. The molecule has 0 rings (SSSR count). The Morgan fingerprint density at radius 2 is 2.33 bits per heavy atom. The highest BCUT2D eigenvalue weighted by molar-refractivity contribution is 8.16. The Kier molecular flexibility index (Phi) is 6.36. The van der Waals surface area contributed by atoms with Crippen LogP contribution in [0.25, 0.3) is 0 Å². The summed E-state index contributed by atoms with van der Waals surface area (Å²) >= 11 is 3.55. The van der Waals surface area contributed by atoms with E-state index in [1.165, 1.54) is 5.75 Å². The van der Waals surface area contributed by atoms with Crippen molar-refractivity contribution in [2.45, 2.75) is 6.92 Å². The Labute approximate surface area is 48.1 Å². The summed E-state index contributed by atoms with van der Waals surface area (Å²) in [5, 5.41) is 1.14. The van der Waals surface area contributed by atoms with Gasteiger partial charge < -0.3 is 0 Å². The molecule has 0 aliphatic rings. The second-order valence-electron chi connectivity index (χ2n) is 0.815. The molecule has 0 atom stereocenters.